The third-order valence-corrected chi connectivity index (χ3v) is 4.07. The fourth-order valence-electron chi connectivity index (χ4n) is 2.51. The van der Waals surface area contributed by atoms with Gasteiger partial charge in [-0.2, -0.15) is 5.10 Å². The first-order chi connectivity index (χ1) is 11.8. The van der Waals surface area contributed by atoms with E-state index in [0.717, 1.165) is 18.5 Å². The lowest BCUT2D eigenvalue weighted by Gasteiger charge is -2.26. The Morgan fingerprint density at radius 3 is 2.27 bits per heavy atom. The van der Waals surface area contributed by atoms with Crippen LogP contribution in [0, 0.1) is 5.41 Å². The van der Waals surface area contributed by atoms with Gasteiger partial charge in [0.1, 0.15) is 5.82 Å². The number of carbonyl (C=O) groups is 2. The van der Waals surface area contributed by atoms with Crippen LogP contribution < -0.4 is 5.32 Å². The van der Waals surface area contributed by atoms with Gasteiger partial charge in [-0.25, -0.2) is 0 Å². The maximum Gasteiger partial charge on any atom is 0.245 e. The van der Waals surface area contributed by atoms with Crippen LogP contribution in [0.15, 0.2) is 6.07 Å². The second-order valence-corrected chi connectivity index (χ2v) is 9.24. The molecule has 0 aromatic carbocycles. The smallest absolute Gasteiger partial charge is 0.245 e. The van der Waals surface area contributed by atoms with Gasteiger partial charge in [-0.1, -0.05) is 54.9 Å². The number of rotatable bonds is 7. The third kappa shape index (κ3) is 7.18. The van der Waals surface area contributed by atoms with Gasteiger partial charge >= 0.3 is 0 Å². The molecule has 1 aromatic heterocycles. The van der Waals surface area contributed by atoms with Crippen LogP contribution in [0.3, 0.4) is 0 Å². The minimum Gasteiger partial charge on any atom is -0.333 e. The van der Waals surface area contributed by atoms with Gasteiger partial charge in [-0.3, -0.25) is 14.3 Å². The highest BCUT2D eigenvalue weighted by atomic mass is 16.2. The van der Waals surface area contributed by atoms with Gasteiger partial charge in [-0.15, -0.1) is 0 Å². The summed E-state index contributed by atoms with van der Waals surface area (Å²) < 4.78 is 1.67. The summed E-state index contributed by atoms with van der Waals surface area (Å²) in [6.07, 6.45) is 2.31. The van der Waals surface area contributed by atoms with E-state index in [1.54, 1.807) is 9.58 Å². The van der Waals surface area contributed by atoms with E-state index in [9.17, 15) is 9.59 Å². The van der Waals surface area contributed by atoms with Crippen molar-refractivity contribution >= 4 is 17.6 Å². The fourth-order valence-corrected chi connectivity index (χ4v) is 2.51. The molecular formula is C20H36N4O2. The Morgan fingerprint density at radius 1 is 1.19 bits per heavy atom. The van der Waals surface area contributed by atoms with Gasteiger partial charge in [0, 0.05) is 31.5 Å². The first-order valence-corrected chi connectivity index (χ1v) is 9.45. The quantitative estimate of drug-likeness (QED) is 0.802. The molecule has 0 radical (unpaired) electrons. The molecule has 26 heavy (non-hydrogen) atoms. The molecule has 0 unspecified atom stereocenters. The van der Waals surface area contributed by atoms with Crippen LogP contribution in [-0.2, 0) is 22.1 Å². The number of hydrogen-bond acceptors (Lipinski definition) is 3. The molecule has 0 aliphatic rings. The van der Waals surface area contributed by atoms with Crippen LogP contribution >= 0.6 is 0 Å². The number of nitrogens with zero attached hydrogens (tertiary/aromatic N) is 3. The SMILES string of the molecule is CCCCN(CC(=O)Nc1cc(C(C)(C)C)nn1C)C(=O)CC(C)(C)C. The minimum atomic E-state index is -0.188. The molecule has 1 rings (SSSR count). The van der Waals surface area contributed by atoms with Crippen molar-refractivity contribution in [3.8, 4) is 0 Å². The first kappa shape index (κ1) is 22.2. The molecule has 6 heteroatoms. The molecule has 0 aliphatic heterocycles. The molecule has 6 nitrogen and oxygen atoms in total. The molecule has 148 valence electrons. The summed E-state index contributed by atoms with van der Waals surface area (Å²) in [7, 11) is 1.81. The van der Waals surface area contributed by atoms with E-state index in [1.165, 1.54) is 0 Å². The number of anilines is 1. The highest BCUT2D eigenvalue weighted by molar-refractivity contribution is 5.94. The van der Waals surface area contributed by atoms with E-state index in [1.807, 2.05) is 33.9 Å². The number of unbranched alkanes of at least 4 members (excludes halogenated alkanes) is 1. The lowest BCUT2D eigenvalue weighted by molar-refractivity contribution is -0.136. The molecule has 0 saturated heterocycles. The molecule has 2 amide bonds. The van der Waals surface area contributed by atoms with E-state index in [4.69, 9.17) is 0 Å². The number of aromatic nitrogens is 2. The molecular weight excluding hydrogens is 328 g/mol. The van der Waals surface area contributed by atoms with Gasteiger partial charge in [0.05, 0.1) is 12.2 Å². The van der Waals surface area contributed by atoms with E-state index in [0.29, 0.717) is 18.8 Å². The maximum absolute atomic E-state index is 12.6. The Hall–Kier alpha value is -1.85. The Bertz CT molecular complexity index is 621. The standard InChI is InChI=1S/C20H36N4O2/c1-9-10-11-24(18(26)13-19(2,3)4)14-17(25)21-16-12-15(20(5,6)7)22-23(16)8/h12H,9-11,13-14H2,1-8H3,(H,21,25). The summed E-state index contributed by atoms with van der Waals surface area (Å²) in [5, 5.41) is 7.36. The second-order valence-electron chi connectivity index (χ2n) is 9.24. The topological polar surface area (TPSA) is 67.2 Å². The molecule has 1 aromatic rings. The number of amides is 2. The van der Waals surface area contributed by atoms with Gasteiger partial charge in [-0.05, 0) is 11.8 Å². The second kappa shape index (κ2) is 8.69. The van der Waals surface area contributed by atoms with Crippen molar-refractivity contribution in [1.29, 1.82) is 0 Å². The Labute approximate surface area is 158 Å². The van der Waals surface area contributed by atoms with Crippen LogP contribution in [-0.4, -0.2) is 39.6 Å². The summed E-state index contributed by atoms with van der Waals surface area (Å²) in [6, 6.07) is 1.89. The molecule has 0 spiro atoms. The van der Waals surface area contributed by atoms with Crippen molar-refractivity contribution in [3.05, 3.63) is 11.8 Å². The van der Waals surface area contributed by atoms with Gasteiger partial charge in [0.15, 0.2) is 0 Å². The predicted molar refractivity (Wildman–Crippen MR) is 106 cm³/mol. The third-order valence-electron chi connectivity index (χ3n) is 4.07. The average molecular weight is 365 g/mol. The van der Waals surface area contributed by atoms with Crippen LogP contribution in [0.4, 0.5) is 5.82 Å². The molecule has 0 aliphatic carbocycles. The van der Waals surface area contributed by atoms with E-state index in [-0.39, 0.29) is 29.2 Å². The number of nitrogens with one attached hydrogen (secondary N) is 1. The van der Waals surface area contributed by atoms with Crippen LogP contribution in [0.25, 0.3) is 0 Å². The maximum atomic E-state index is 12.6. The molecule has 0 atom stereocenters. The molecule has 0 bridgehead atoms. The molecule has 1 heterocycles. The Balaban J connectivity index is 2.80. The summed E-state index contributed by atoms with van der Waals surface area (Å²) in [5.41, 5.74) is 0.736. The van der Waals surface area contributed by atoms with Gasteiger partial charge < -0.3 is 10.2 Å². The van der Waals surface area contributed by atoms with Crippen LogP contribution in [0.1, 0.15) is 73.4 Å². The largest absolute Gasteiger partial charge is 0.333 e. The minimum absolute atomic E-state index is 0.0292. The highest BCUT2D eigenvalue weighted by Gasteiger charge is 2.24. The lowest BCUT2D eigenvalue weighted by Crippen LogP contribution is -2.40. The normalized spacial score (nSPS) is 12.2. The van der Waals surface area contributed by atoms with Crippen LogP contribution in [0.2, 0.25) is 0 Å². The summed E-state index contributed by atoms with van der Waals surface area (Å²) in [5.74, 6) is 0.493. The number of hydrogen-bond donors (Lipinski definition) is 1. The summed E-state index contributed by atoms with van der Waals surface area (Å²) in [4.78, 5) is 26.8. The van der Waals surface area contributed by atoms with Gasteiger partial charge in [0.25, 0.3) is 0 Å². The highest BCUT2D eigenvalue weighted by Crippen LogP contribution is 2.23. The molecule has 0 fully saturated rings. The van der Waals surface area contributed by atoms with Crippen molar-refractivity contribution in [1.82, 2.24) is 14.7 Å². The summed E-state index contributed by atoms with van der Waals surface area (Å²) in [6.45, 7) is 15.1. The monoisotopic (exact) mass is 364 g/mol. The number of aryl methyl sites for hydroxylation is 1. The number of carbonyl (C=O) groups excluding carboxylic acids is 2. The van der Waals surface area contributed by atoms with E-state index >= 15 is 0 Å². The van der Waals surface area contributed by atoms with Gasteiger partial charge in [0.2, 0.25) is 11.8 Å². The molecule has 0 saturated carbocycles. The molecule has 1 N–H and O–H groups in total. The first-order valence-electron chi connectivity index (χ1n) is 9.45. The van der Waals surface area contributed by atoms with E-state index in [2.05, 4.69) is 38.1 Å². The van der Waals surface area contributed by atoms with Crippen molar-refractivity contribution < 1.29 is 9.59 Å². The van der Waals surface area contributed by atoms with Crippen molar-refractivity contribution in [2.24, 2.45) is 12.5 Å². The fraction of sp³-hybridized carbons (Fsp3) is 0.750. The zero-order valence-electron chi connectivity index (χ0n) is 17.8. The zero-order chi connectivity index (χ0) is 20.1. The van der Waals surface area contributed by atoms with Crippen molar-refractivity contribution in [2.45, 2.75) is 73.1 Å². The van der Waals surface area contributed by atoms with Crippen LogP contribution in [0.5, 0.6) is 0 Å². The zero-order valence-corrected chi connectivity index (χ0v) is 17.8. The lowest BCUT2D eigenvalue weighted by atomic mass is 9.91. The Kier molecular flexibility index (Phi) is 7.42. The van der Waals surface area contributed by atoms with E-state index < -0.39 is 0 Å². The predicted octanol–water partition coefficient (Wildman–Crippen LogP) is 3.72. The summed E-state index contributed by atoms with van der Waals surface area (Å²) >= 11 is 0. The Morgan fingerprint density at radius 2 is 1.81 bits per heavy atom. The van der Waals surface area contributed by atoms with Crippen molar-refractivity contribution in [3.63, 3.8) is 0 Å². The average Bonchev–Trinajstić information content (AvgIpc) is 2.82. The van der Waals surface area contributed by atoms with Crippen molar-refractivity contribution in [2.75, 3.05) is 18.4 Å².